The van der Waals surface area contributed by atoms with Gasteiger partial charge in [0.15, 0.2) is 2.82 Å². The summed E-state index contributed by atoms with van der Waals surface area (Å²) >= 11 is 0. The van der Waals surface area contributed by atoms with E-state index >= 15 is 0 Å². The van der Waals surface area contributed by atoms with Gasteiger partial charge in [-0.1, -0.05) is 6.07 Å². The summed E-state index contributed by atoms with van der Waals surface area (Å²) < 4.78 is 76.0. The normalized spacial score (nSPS) is 27.0. The summed E-state index contributed by atoms with van der Waals surface area (Å²) in [5.74, 6) is 0. The fourth-order valence-corrected chi connectivity index (χ4v) is 2.18. The number of ether oxygens (including phenoxy) is 1. The maximum absolute atomic E-state index is 11.5. The number of nitrogens with one attached hydrogen (secondary N) is 2. The molecule has 1 fully saturated rings. The number of carbonyl (C=O) groups is 1. The van der Waals surface area contributed by atoms with E-state index in [1.54, 1.807) is 0 Å². The Bertz CT molecular complexity index is 973. The molecule has 1 aliphatic heterocycles. The number of fused-ring (bicyclic) bond motifs is 1. The number of benzene rings is 1. The standard InChI is InChI=1S/C16H21N3O2/c1-19(2)6-5-12-9-17-15-4-3-11(8-14(12)15)7-13-10-21-16(20)18-13/h3-4,8-9,13,17H,5-7,10H2,1-2H3,(H,18,20)/t13-/m0/s1/i1D3,6D2,7D2/hD2. The molecule has 0 aliphatic carbocycles. The van der Waals surface area contributed by atoms with E-state index in [0.29, 0.717) is 26.7 Å². The number of hydrogen-bond acceptors (Lipinski definition) is 3. The van der Waals surface area contributed by atoms with E-state index in [1.807, 2.05) is 0 Å². The van der Waals surface area contributed by atoms with E-state index in [4.69, 9.17) is 17.2 Å². The predicted octanol–water partition coefficient (Wildman–Crippen LogP) is 1.92. The average molecular weight is 296 g/mol. The van der Waals surface area contributed by atoms with Crippen LogP contribution in [0, 0.1) is 0 Å². The van der Waals surface area contributed by atoms with Gasteiger partial charge in [-0.25, -0.2) is 4.79 Å². The summed E-state index contributed by atoms with van der Waals surface area (Å²) in [7, 11) is 1.15. The molecule has 1 aromatic heterocycles. The molecule has 1 amide bonds. The number of aromatic amines is 1. The highest BCUT2D eigenvalue weighted by Crippen LogP contribution is 2.21. The number of aryl methyl sites for hydroxylation is 1. The van der Waals surface area contributed by atoms with Crippen LogP contribution in [-0.4, -0.2) is 49.1 Å². The van der Waals surface area contributed by atoms with Crippen molar-refractivity contribution in [1.29, 1.82) is 0 Å². The Morgan fingerprint density at radius 1 is 1.62 bits per heavy atom. The zero-order chi connectivity index (χ0) is 22.6. The van der Waals surface area contributed by atoms with Gasteiger partial charge in [0.1, 0.15) is 6.61 Å². The molecule has 2 heterocycles. The maximum atomic E-state index is 11.5. The second-order valence-electron chi connectivity index (χ2n) is 4.78. The van der Waals surface area contributed by atoms with Crippen molar-refractivity contribution in [3.05, 3.63) is 35.5 Å². The Morgan fingerprint density at radius 2 is 2.52 bits per heavy atom. The van der Waals surface area contributed by atoms with E-state index in [-0.39, 0.29) is 18.6 Å². The fourth-order valence-electron chi connectivity index (χ4n) is 2.18. The Hall–Kier alpha value is -2.01. The van der Waals surface area contributed by atoms with Gasteiger partial charge in [-0.3, -0.25) is 0 Å². The molecular weight excluding hydrogens is 266 g/mol. The van der Waals surface area contributed by atoms with Gasteiger partial charge in [-0.15, -0.1) is 0 Å². The summed E-state index contributed by atoms with van der Waals surface area (Å²) in [4.78, 5) is 13.1. The number of nitrogens with zero attached hydrogens (tertiary/aromatic N) is 1. The van der Waals surface area contributed by atoms with Crippen LogP contribution in [0.2, 0.25) is 2.82 Å². The molecule has 5 nitrogen and oxygen atoms in total. The molecule has 0 radical (unpaired) electrons. The van der Waals surface area contributed by atoms with E-state index < -0.39 is 32.0 Å². The molecule has 1 atom stereocenters. The Labute approximate surface area is 137 Å². The molecule has 1 saturated heterocycles. The lowest BCUT2D eigenvalue weighted by molar-refractivity contribution is 0.177. The van der Waals surface area contributed by atoms with Crippen LogP contribution >= 0.6 is 0 Å². The molecule has 112 valence electrons. The SMILES string of the molecule is [2H]N1C(=O)OC[C@@H]1C([2H])([2H])c1ccc2c(c1)c(CC([2H])([2H])N(C)C([2H])([2H])[2H])cn2[2H]. The van der Waals surface area contributed by atoms with E-state index in [0.717, 1.165) is 12.0 Å². The van der Waals surface area contributed by atoms with Gasteiger partial charge >= 0.3 is 6.09 Å². The Balaban J connectivity index is 2.02. The van der Waals surface area contributed by atoms with Crippen molar-refractivity contribution in [2.75, 3.05) is 27.1 Å². The third-order valence-electron chi connectivity index (χ3n) is 3.17. The lowest BCUT2D eigenvalue weighted by atomic mass is 10.0. The number of cyclic esters (lactones) is 1. The molecule has 5 heteroatoms. The van der Waals surface area contributed by atoms with Crippen LogP contribution in [0.4, 0.5) is 4.79 Å². The molecule has 2 N–H and O–H groups in total. The molecule has 21 heavy (non-hydrogen) atoms. The van der Waals surface area contributed by atoms with Crippen LogP contribution in [-0.2, 0) is 17.5 Å². The van der Waals surface area contributed by atoms with Crippen LogP contribution in [0.1, 0.15) is 20.7 Å². The quantitative estimate of drug-likeness (QED) is 0.886. The smallest absolute Gasteiger partial charge is 0.407 e. The number of H-pyrrole nitrogens is 1. The molecule has 2 aromatic rings. The minimum atomic E-state index is -2.65. The molecule has 1 aliphatic rings. The van der Waals surface area contributed by atoms with Gasteiger partial charge in [-0.2, -0.15) is 0 Å². The number of alkyl carbamates (subject to hydrolysis) is 1. The van der Waals surface area contributed by atoms with Gasteiger partial charge in [-0.05, 0) is 50.1 Å². The maximum Gasteiger partial charge on any atom is 0.407 e. The minimum absolute atomic E-state index is 0.132. The number of aromatic nitrogens is 1. The van der Waals surface area contributed by atoms with Crippen LogP contribution in [0.15, 0.2) is 24.4 Å². The molecule has 3 rings (SSSR count). The van der Waals surface area contributed by atoms with E-state index in [1.165, 1.54) is 24.4 Å². The Kier molecular flexibility index (Phi) is 1.88. The van der Waals surface area contributed by atoms with Crippen molar-refractivity contribution in [2.24, 2.45) is 0 Å². The third kappa shape index (κ3) is 3.19. The first-order valence-electron chi connectivity index (χ1n) is 10.9. The first kappa shape index (κ1) is 6.83. The van der Waals surface area contributed by atoms with Crippen LogP contribution in [0.5, 0.6) is 0 Å². The van der Waals surface area contributed by atoms with E-state index in [9.17, 15) is 4.79 Å². The van der Waals surface area contributed by atoms with Gasteiger partial charge in [0, 0.05) is 33.2 Å². The summed E-state index contributed by atoms with van der Waals surface area (Å²) in [5, 5.41) is 0.834. The highest BCUT2D eigenvalue weighted by Gasteiger charge is 2.22. The zero-order valence-corrected chi connectivity index (χ0v) is 11.5. The predicted molar refractivity (Wildman–Crippen MR) is 82.5 cm³/mol. The number of amides is 1. The fraction of sp³-hybridized carbons (Fsp3) is 0.438. The third-order valence-corrected chi connectivity index (χ3v) is 3.17. The largest absolute Gasteiger partial charge is 0.447 e. The zero-order valence-electron chi connectivity index (χ0n) is 20.5. The van der Waals surface area contributed by atoms with Crippen molar-refractivity contribution in [1.82, 2.24) is 15.2 Å². The number of rotatable bonds is 5. The second kappa shape index (κ2) is 5.77. The first-order valence-corrected chi connectivity index (χ1v) is 6.49. The van der Waals surface area contributed by atoms with Crippen LogP contribution in [0.25, 0.3) is 10.9 Å². The Morgan fingerprint density at radius 3 is 3.29 bits per heavy atom. The summed E-state index contributed by atoms with van der Waals surface area (Å²) in [6.45, 7) is -5.19. The summed E-state index contributed by atoms with van der Waals surface area (Å²) in [5.41, 5.74) is 0.853. The summed E-state index contributed by atoms with van der Waals surface area (Å²) in [6.07, 6.45) is -2.07. The van der Waals surface area contributed by atoms with Gasteiger partial charge in [0.2, 0.25) is 0 Å². The topological polar surface area (TPSA) is 57.4 Å². The number of hydrogen-bond donors (Lipinski definition) is 2. The van der Waals surface area contributed by atoms with Crippen molar-refractivity contribution in [2.45, 2.75) is 18.8 Å². The van der Waals surface area contributed by atoms with Crippen LogP contribution < -0.4 is 5.31 Å². The second-order valence-corrected chi connectivity index (χ2v) is 4.78. The molecule has 0 unspecified atom stereocenters. The minimum Gasteiger partial charge on any atom is -0.447 e. The first-order chi connectivity index (χ1) is 13.7. The molecule has 1 aromatic carbocycles. The van der Waals surface area contributed by atoms with Gasteiger partial charge in [0.25, 0.3) is 0 Å². The van der Waals surface area contributed by atoms with Crippen molar-refractivity contribution < 1.29 is 22.0 Å². The lowest BCUT2D eigenvalue weighted by Crippen LogP contribution is -2.28. The molecule has 0 spiro atoms. The number of likely N-dealkylation sites (N-methyl/N-ethyl adjacent to an activating group) is 1. The number of carbonyl (C=O) groups excluding carboxylic acids is 1. The average Bonchev–Trinajstić information content (AvgIpc) is 3.13. The van der Waals surface area contributed by atoms with E-state index in [2.05, 4.69) is 0 Å². The summed E-state index contributed by atoms with van der Waals surface area (Å²) in [6, 6.07) is 3.21. The van der Waals surface area contributed by atoms with Crippen LogP contribution in [0.3, 0.4) is 0 Å². The molecular formula is C16H21N3O2. The van der Waals surface area contributed by atoms with Crippen molar-refractivity contribution >= 4 is 17.0 Å². The monoisotopic (exact) mass is 296 g/mol. The molecule has 0 bridgehead atoms. The van der Waals surface area contributed by atoms with Gasteiger partial charge in [0.05, 0.1) is 6.04 Å². The molecule has 0 saturated carbocycles. The van der Waals surface area contributed by atoms with Gasteiger partial charge < -0.3 is 19.9 Å². The van der Waals surface area contributed by atoms with Crippen molar-refractivity contribution in [3.8, 4) is 0 Å². The van der Waals surface area contributed by atoms with Crippen molar-refractivity contribution in [3.63, 3.8) is 0 Å². The lowest BCUT2D eigenvalue weighted by Gasteiger charge is -2.09. The highest BCUT2D eigenvalue weighted by molar-refractivity contribution is 5.84. The highest BCUT2D eigenvalue weighted by atomic mass is 16.6.